The molecule has 0 atom stereocenters. The molecule has 0 saturated carbocycles. The fraction of sp³-hybridized carbons (Fsp3) is 0.167. The summed E-state index contributed by atoms with van der Waals surface area (Å²) in [6.07, 6.45) is 0. The Balaban J connectivity index is 2.38. The van der Waals surface area contributed by atoms with Gasteiger partial charge in [0.1, 0.15) is 11.6 Å². The molecule has 0 aliphatic carbocycles. The van der Waals surface area contributed by atoms with Gasteiger partial charge in [-0.1, -0.05) is 0 Å². The van der Waals surface area contributed by atoms with E-state index in [-0.39, 0.29) is 5.82 Å². The van der Waals surface area contributed by atoms with Crippen LogP contribution in [0.1, 0.15) is 4.88 Å². The van der Waals surface area contributed by atoms with Crippen molar-refractivity contribution in [2.24, 2.45) is 0 Å². The molecule has 1 heterocycles. The number of thiophene rings is 1. The molecular formula is C12H11F2NS. The molecule has 0 bridgehead atoms. The van der Waals surface area contributed by atoms with Crippen LogP contribution in [0, 0.1) is 11.6 Å². The Kier molecular flexibility index (Phi) is 3.31. The van der Waals surface area contributed by atoms with Crippen LogP contribution in [0.4, 0.5) is 8.78 Å². The van der Waals surface area contributed by atoms with Crippen LogP contribution < -0.4 is 5.32 Å². The van der Waals surface area contributed by atoms with Crippen molar-refractivity contribution in [2.75, 3.05) is 7.05 Å². The first-order chi connectivity index (χ1) is 7.70. The Morgan fingerprint density at radius 1 is 1.19 bits per heavy atom. The summed E-state index contributed by atoms with van der Waals surface area (Å²) in [5, 5.41) is 3.02. The maximum absolute atomic E-state index is 13.5. The van der Waals surface area contributed by atoms with Crippen LogP contribution in [-0.2, 0) is 6.54 Å². The highest BCUT2D eigenvalue weighted by Crippen LogP contribution is 2.30. The van der Waals surface area contributed by atoms with Gasteiger partial charge in [-0.3, -0.25) is 0 Å². The number of hydrogen-bond acceptors (Lipinski definition) is 2. The van der Waals surface area contributed by atoms with Crippen LogP contribution in [-0.4, -0.2) is 7.05 Å². The van der Waals surface area contributed by atoms with E-state index < -0.39 is 5.82 Å². The lowest BCUT2D eigenvalue weighted by Crippen LogP contribution is -2.02. The summed E-state index contributed by atoms with van der Waals surface area (Å²) in [5.74, 6) is -0.806. The van der Waals surface area contributed by atoms with Gasteiger partial charge in [-0.05, 0) is 37.4 Å². The lowest BCUT2D eigenvalue weighted by atomic mass is 10.2. The number of nitrogens with one attached hydrogen (secondary N) is 1. The first kappa shape index (κ1) is 11.2. The number of hydrogen-bond donors (Lipinski definition) is 1. The van der Waals surface area contributed by atoms with Gasteiger partial charge in [-0.15, -0.1) is 11.3 Å². The molecule has 0 aliphatic heterocycles. The molecule has 2 rings (SSSR count). The lowest BCUT2D eigenvalue weighted by molar-refractivity contribution is 0.603. The fourth-order valence-electron chi connectivity index (χ4n) is 1.48. The molecule has 0 fully saturated rings. The SMILES string of the molecule is CNCc1ccc(-c2cc(F)ccc2F)s1. The van der Waals surface area contributed by atoms with Crippen molar-refractivity contribution in [2.45, 2.75) is 6.54 Å². The molecule has 0 spiro atoms. The zero-order valence-corrected chi connectivity index (χ0v) is 9.57. The Labute approximate surface area is 96.7 Å². The predicted octanol–water partition coefficient (Wildman–Crippen LogP) is 3.41. The van der Waals surface area contributed by atoms with E-state index in [1.54, 1.807) is 0 Å². The van der Waals surface area contributed by atoms with Gasteiger partial charge in [0.25, 0.3) is 0 Å². The summed E-state index contributed by atoms with van der Waals surface area (Å²) in [4.78, 5) is 1.85. The molecule has 0 saturated heterocycles. The zero-order valence-electron chi connectivity index (χ0n) is 8.76. The van der Waals surface area contributed by atoms with Crippen LogP contribution in [0.3, 0.4) is 0 Å². The molecular weight excluding hydrogens is 228 g/mol. The Bertz CT molecular complexity index is 494. The smallest absolute Gasteiger partial charge is 0.132 e. The summed E-state index contributed by atoms with van der Waals surface area (Å²) in [5.41, 5.74) is 0.326. The molecule has 0 amide bonds. The van der Waals surface area contributed by atoms with Gasteiger partial charge in [0, 0.05) is 21.9 Å². The number of halogens is 2. The fourth-order valence-corrected chi connectivity index (χ4v) is 2.52. The maximum Gasteiger partial charge on any atom is 0.132 e. The molecule has 1 aromatic heterocycles. The van der Waals surface area contributed by atoms with Gasteiger partial charge in [0.05, 0.1) is 0 Å². The largest absolute Gasteiger partial charge is 0.315 e. The third-order valence-electron chi connectivity index (χ3n) is 2.21. The van der Waals surface area contributed by atoms with Crippen LogP contribution in [0.15, 0.2) is 30.3 Å². The summed E-state index contributed by atoms with van der Waals surface area (Å²) in [7, 11) is 1.85. The van der Waals surface area contributed by atoms with Crippen molar-refractivity contribution in [3.8, 4) is 10.4 Å². The average Bonchev–Trinajstić information content (AvgIpc) is 2.71. The normalized spacial score (nSPS) is 10.7. The lowest BCUT2D eigenvalue weighted by Gasteiger charge is -1.99. The second-order valence-electron chi connectivity index (χ2n) is 3.42. The van der Waals surface area contributed by atoms with Crippen molar-refractivity contribution >= 4 is 11.3 Å². The Hall–Kier alpha value is -1.26. The topological polar surface area (TPSA) is 12.0 Å². The first-order valence-corrected chi connectivity index (χ1v) is 5.71. The maximum atomic E-state index is 13.5. The standard InChI is InChI=1S/C12H11F2NS/c1-15-7-9-3-5-12(16-9)10-6-8(13)2-4-11(10)14/h2-6,15H,7H2,1H3. The van der Waals surface area contributed by atoms with Crippen molar-refractivity contribution in [3.05, 3.63) is 46.8 Å². The molecule has 16 heavy (non-hydrogen) atoms. The minimum atomic E-state index is -0.417. The Morgan fingerprint density at radius 2 is 2.00 bits per heavy atom. The summed E-state index contributed by atoms with van der Waals surface area (Å²) < 4.78 is 26.5. The van der Waals surface area contributed by atoms with Gasteiger partial charge in [0.15, 0.2) is 0 Å². The molecule has 84 valence electrons. The molecule has 0 unspecified atom stereocenters. The monoisotopic (exact) mass is 239 g/mol. The van der Waals surface area contributed by atoms with E-state index in [4.69, 9.17) is 0 Å². The highest BCUT2D eigenvalue weighted by molar-refractivity contribution is 7.15. The molecule has 1 nitrogen and oxygen atoms in total. The van der Waals surface area contributed by atoms with Gasteiger partial charge in [-0.2, -0.15) is 0 Å². The van der Waals surface area contributed by atoms with E-state index in [1.807, 2.05) is 19.2 Å². The van der Waals surface area contributed by atoms with E-state index in [9.17, 15) is 8.78 Å². The number of benzene rings is 1. The summed E-state index contributed by atoms with van der Waals surface area (Å²) in [6.45, 7) is 0.738. The second-order valence-corrected chi connectivity index (χ2v) is 4.59. The van der Waals surface area contributed by atoms with Crippen molar-refractivity contribution < 1.29 is 8.78 Å². The molecule has 4 heteroatoms. The highest BCUT2D eigenvalue weighted by atomic mass is 32.1. The first-order valence-electron chi connectivity index (χ1n) is 4.89. The third kappa shape index (κ3) is 2.28. The van der Waals surface area contributed by atoms with Crippen LogP contribution >= 0.6 is 11.3 Å². The molecule has 0 aliphatic rings. The van der Waals surface area contributed by atoms with E-state index in [0.717, 1.165) is 28.4 Å². The van der Waals surface area contributed by atoms with Gasteiger partial charge in [-0.25, -0.2) is 8.78 Å². The van der Waals surface area contributed by atoms with Crippen molar-refractivity contribution in [1.29, 1.82) is 0 Å². The van der Waals surface area contributed by atoms with Crippen molar-refractivity contribution in [3.63, 3.8) is 0 Å². The van der Waals surface area contributed by atoms with Crippen LogP contribution in [0.5, 0.6) is 0 Å². The minimum Gasteiger partial charge on any atom is -0.315 e. The molecule has 0 radical (unpaired) electrons. The van der Waals surface area contributed by atoms with Gasteiger partial charge < -0.3 is 5.32 Å². The number of rotatable bonds is 3. The predicted molar refractivity (Wildman–Crippen MR) is 62.4 cm³/mol. The second kappa shape index (κ2) is 4.72. The van der Waals surface area contributed by atoms with E-state index in [0.29, 0.717) is 5.56 Å². The van der Waals surface area contributed by atoms with Crippen LogP contribution in [0.25, 0.3) is 10.4 Å². The summed E-state index contributed by atoms with van der Waals surface area (Å²) >= 11 is 1.46. The summed E-state index contributed by atoms with van der Waals surface area (Å²) in [6, 6.07) is 7.24. The third-order valence-corrected chi connectivity index (χ3v) is 3.33. The Morgan fingerprint density at radius 3 is 2.75 bits per heavy atom. The average molecular weight is 239 g/mol. The minimum absolute atomic E-state index is 0.326. The van der Waals surface area contributed by atoms with Crippen LogP contribution in [0.2, 0.25) is 0 Å². The van der Waals surface area contributed by atoms with E-state index >= 15 is 0 Å². The van der Waals surface area contributed by atoms with Gasteiger partial charge in [0.2, 0.25) is 0 Å². The quantitative estimate of drug-likeness (QED) is 0.865. The van der Waals surface area contributed by atoms with E-state index in [2.05, 4.69) is 5.32 Å². The molecule has 1 aromatic carbocycles. The van der Waals surface area contributed by atoms with E-state index in [1.165, 1.54) is 17.4 Å². The van der Waals surface area contributed by atoms with Crippen molar-refractivity contribution in [1.82, 2.24) is 5.32 Å². The molecule has 2 aromatic rings. The molecule has 1 N–H and O–H groups in total. The van der Waals surface area contributed by atoms with Gasteiger partial charge >= 0.3 is 0 Å². The highest BCUT2D eigenvalue weighted by Gasteiger charge is 2.08. The zero-order chi connectivity index (χ0) is 11.5.